The Morgan fingerprint density at radius 1 is 0.654 bits per heavy atom. The first-order valence-electron chi connectivity index (χ1n) is 11.6. The van der Waals surface area contributed by atoms with Crippen LogP contribution in [0.5, 0.6) is 0 Å². The molecular formula is C24H40O2. The third-order valence-corrected chi connectivity index (χ3v) is 8.21. The normalized spacial score (nSPS) is 42.7. The van der Waals surface area contributed by atoms with Crippen molar-refractivity contribution in [1.82, 2.24) is 0 Å². The zero-order valence-corrected chi connectivity index (χ0v) is 16.9. The van der Waals surface area contributed by atoms with Crippen LogP contribution in [-0.4, -0.2) is 25.9 Å². The Hall–Kier alpha value is -0.340. The molecule has 26 heavy (non-hydrogen) atoms. The molecule has 0 spiro atoms. The second-order valence-corrected chi connectivity index (χ2v) is 9.73. The predicted octanol–water partition coefficient (Wildman–Crippen LogP) is 6.15. The number of allylic oxidation sites excluding steroid dienone is 1. The van der Waals surface area contributed by atoms with Gasteiger partial charge in [-0.15, -0.1) is 0 Å². The SMILES string of the molecule is COC1CCC(C2CCC(/C=C/C3CCC(C4CCC4)OC3)CC2)CC1. The average molecular weight is 361 g/mol. The van der Waals surface area contributed by atoms with Gasteiger partial charge in [-0.05, 0) is 101 Å². The summed E-state index contributed by atoms with van der Waals surface area (Å²) in [7, 11) is 1.88. The molecule has 2 unspecified atom stereocenters. The number of hydrogen-bond acceptors (Lipinski definition) is 2. The zero-order valence-electron chi connectivity index (χ0n) is 16.9. The van der Waals surface area contributed by atoms with Gasteiger partial charge in [-0.25, -0.2) is 0 Å². The van der Waals surface area contributed by atoms with Crippen LogP contribution in [0.3, 0.4) is 0 Å². The molecule has 4 fully saturated rings. The van der Waals surface area contributed by atoms with E-state index < -0.39 is 0 Å². The lowest BCUT2D eigenvalue weighted by Gasteiger charge is -2.38. The van der Waals surface area contributed by atoms with Gasteiger partial charge in [-0.1, -0.05) is 18.6 Å². The molecule has 4 rings (SSSR count). The van der Waals surface area contributed by atoms with E-state index in [9.17, 15) is 0 Å². The van der Waals surface area contributed by atoms with Gasteiger partial charge in [-0.2, -0.15) is 0 Å². The molecule has 2 atom stereocenters. The lowest BCUT2D eigenvalue weighted by Crippen LogP contribution is -2.34. The van der Waals surface area contributed by atoms with Crippen LogP contribution < -0.4 is 0 Å². The van der Waals surface area contributed by atoms with E-state index in [2.05, 4.69) is 12.2 Å². The molecule has 3 aliphatic carbocycles. The van der Waals surface area contributed by atoms with Gasteiger partial charge in [-0.3, -0.25) is 0 Å². The lowest BCUT2D eigenvalue weighted by molar-refractivity contribution is -0.0570. The fourth-order valence-corrected chi connectivity index (χ4v) is 6.05. The van der Waals surface area contributed by atoms with Crippen LogP contribution in [0.15, 0.2) is 12.2 Å². The van der Waals surface area contributed by atoms with Crippen LogP contribution in [0.1, 0.15) is 83.5 Å². The number of ether oxygens (including phenoxy) is 2. The van der Waals surface area contributed by atoms with Crippen molar-refractivity contribution >= 4 is 0 Å². The minimum Gasteiger partial charge on any atom is -0.381 e. The molecule has 148 valence electrons. The van der Waals surface area contributed by atoms with E-state index in [1.54, 1.807) is 0 Å². The van der Waals surface area contributed by atoms with Crippen molar-refractivity contribution in [1.29, 1.82) is 0 Å². The van der Waals surface area contributed by atoms with Gasteiger partial charge in [0.25, 0.3) is 0 Å². The van der Waals surface area contributed by atoms with Gasteiger partial charge in [0.15, 0.2) is 0 Å². The fraction of sp³-hybridized carbons (Fsp3) is 0.917. The summed E-state index contributed by atoms with van der Waals surface area (Å²) in [6.45, 7) is 0.982. The molecular weight excluding hydrogens is 320 g/mol. The maximum Gasteiger partial charge on any atom is 0.0603 e. The number of rotatable bonds is 5. The van der Waals surface area contributed by atoms with Gasteiger partial charge >= 0.3 is 0 Å². The largest absolute Gasteiger partial charge is 0.381 e. The van der Waals surface area contributed by atoms with Gasteiger partial charge in [0.2, 0.25) is 0 Å². The van der Waals surface area contributed by atoms with Gasteiger partial charge in [0, 0.05) is 13.0 Å². The van der Waals surface area contributed by atoms with E-state index in [-0.39, 0.29) is 0 Å². The molecule has 3 saturated carbocycles. The van der Waals surface area contributed by atoms with Crippen LogP contribution in [0.25, 0.3) is 0 Å². The maximum absolute atomic E-state index is 6.19. The van der Waals surface area contributed by atoms with Crippen molar-refractivity contribution in [3.05, 3.63) is 12.2 Å². The van der Waals surface area contributed by atoms with E-state index in [0.717, 1.165) is 30.3 Å². The third-order valence-electron chi connectivity index (χ3n) is 8.21. The van der Waals surface area contributed by atoms with E-state index in [1.165, 1.54) is 83.5 Å². The Morgan fingerprint density at radius 3 is 1.81 bits per heavy atom. The zero-order chi connectivity index (χ0) is 17.8. The van der Waals surface area contributed by atoms with E-state index in [1.807, 2.05) is 7.11 Å². The van der Waals surface area contributed by atoms with Crippen LogP contribution in [0.4, 0.5) is 0 Å². The van der Waals surface area contributed by atoms with Crippen molar-refractivity contribution in [2.75, 3.05) is 13.7 Å². The Labute approximate surface area is 161 Å². The molecule has 0 aromatic rings. The first-order chi connectivity index (χ1) is 12.8. The van der Waals surface area contributed by atoms with Gasteiger partial charge in [0.05, 0.1) is 18.8 Å². The Balaban J connectivity index is 1.14. The van der Waals surface area contributed by atoms with E-state index in [4.69, 9.17) is 9.47 Å². The van der Waals surface area contributed by atoms with Crippen molar-refractivity contribution in [3.8, 4) is 0 Å². The summed E-state index contributed by atoms with van der Waals surface area (Å²) in [4.78, 5) is 0. The molecule has 1 saturated heterocycles. The molecule has 0 bridgehead atoms. The molecule has 4 aliphatic rings. The molecule has 0 N–H and O–H groups in total. The molecule has 0 aromatic heterocycles. The molecule has 1 heterocycles. The summed E-state index contributed by atoms with van der Waals surface area (Å²) in [5.74, 6) is 4.41. The molecule has 2 heteroatoms. The highest BCUT2D eigenvalue weighted by molar-refractivity contribution is 4.97. The topological polar surface area (TPSA) is 18.5 Å². The minimum absolute atomic E-state index is 0.548. The Bertz CT molecular complexity index is 431. The van der Waals surface area contributed by atoms with Crippen LogP contribution in [-0.2, 0) is 9.47 Å². The van der Waals surface area contributed by atoms with Gasteiger partial charge < -0.3 is 9.47 Å². The summed E-state index contributed by atoms with van der Waals surface area (Å²) in [5.41, 5.74) is 0. The molecule has 0 aromatic carbocycles. The van der Waals surface area contributed by atoms with E-state index in [0.29, 0.717) is 18.1 Å². The summed E-state index contributed by atoms with van der Waals surface area (Å²) < 4.78 is 11.7. The second kappa shape index (κ2) is 9.24. The highest BCUT2D eigenvalue weighted by Crippen LogP contribution is 2.41. The first-order valence-corrected chi connectivity index (χ1v) is 11.6. The van der Waals surface area contributed by atoms with Crippen molar-refractivity contribution in [2.45, 2.75) is 95.7 Å². The minimum atomic E-state index is 0.548. The fourth-order valence-electron chi connectivity index (χ4n) is 6.05. The van der Waals surface area contributed by atoms with Crippen LogP contribution in [0, 0.1) is 29.6 Å². The average Bonchev–Trinajstić information content (AvgIpc) is 2.67. The number of hydrogen-bond donors (Lipinski definition) is 0. The number of methoxy groups -OCH3 is 1. The molecule has 2 nitrogen and oxygen atoms in total. The summed E-state index contributed by atoms with van der Waals surface area (Å²) in [5, 5.41) is 0. The monoisotopic (exact) mass is 360 g/mol. The third kappa shape index (κ3) is 4.73. The quantitative estimate of drug-likeness (QED) is 0.547. The molecule has 0 amide bonds. The molecule has 0 radical (unpaired) electrons. The second-order valence-electron chi connectivity index (χ2n) is 9.73. The highest BCUT2D eigenvalue weighted by atomic mass is 16.5. The summed E-state index contributed by atoms with van der Waals surface area (Å²) >= 11 is 0. The van der Waals surface area contributed by atoms with Crippen LogP contribution >= 0.6 is 0 Å². The lowest BCUT2D eigenvalue weighted by atomic mass is 9.70. The maximum atomic E-state index is 6.19. The summed E-state index contributed by atoms with van der Waals surface area (Å²) in [6, 6.07) is 0. The van der Waals surface area contributed by atoms with E-state index >= 15 is 0 Å². The first kappa shape index (κ1) is 19.0. The van der Waals surface area contributed by atoms with Crippen LogP contribution in [0.2, 0.25) is 0 Å². The standard InChI is InChI=1S/C24H40O2/c1-25-23-14-12-21(13-15-23)20-10-7-18(8-11-20)5-6-19-9-16-24(26-17-19)22-3-2-4-22/h5-6,18-24H,2-4,7-17H2,1H3/b6-5+. The molecule has 1 aliphatic heterocycles. The van der Waals surface area contributed by atoms with Crippen molar-refractivity contribution < 1.29 is 9.47 Å². The van der Waals surface area contributed by atoms with Gasteiger partial charge in [0.1, 0.15) is 0 Å². The smallest absolute Gasteiger partial charge is 0.0603 e. The Kier molecular flexibility index (Phi) is 6.75. The van der Waals surface area contributed by atoms with Crippen molar-refractivity contribution in [3.63, 3.8) is 0 Å². The predicted molar refractivity (Wildman–Crippen MR) is 107 cm³/mol. The summed E-state index contributed by atoms with van der Waals surface area (Å²) in [6.07, 6.45) is 24.3. The highest BCUT2D eigenvalue weighted by Gasteiger charge is 2.32. The van der Waals surface area contributed by atoms with Crippen molar-refractivity contribution in [2.24, 2.45) is 29.6 Å². The Morgan fingerprint density at radius 2 is 1.27 bits per heavy atom.